The molecule has 0 atom stereocenters. The summed E-state index contributed by atoms with van der Waals surface area (Å²) in [5, 5.41) is 2.20. The number of hydrogen-bond donors (Lipinski definition) is 1. The fraction of sp³-hybridized carbons (Fsp3) is 0.667. The lowest BCUT2D eigenvalue weighted by atomic mass is 10.5. The van der Waals surface area contributed by atoms with Crippen LogP contribution in [0.4, 0.5) is 0 Å². The van der Waals surface area contributed by atoms with Crippen LogP contribution in [-0.4, -0.2) is 25.0 Å². The van der Waals surface area contributed by atoms with E-state index in [1.54, 1.807) is 13.8 Å². The van der Waals surface area contributed by atoms with Crippen LogP contribution in [-0.2, 0) is 14.3 Å². The van der Waals surface area contributed by atoms with Gasteiger partial charge in [0, 0.05) is 0 Å². The molecule has 0 aliphatic carbocycles. The molecule has 0 aromatic rings. The van der Waals surface area contributed by atoms with Crippen LogP contribution in [0.5, 0.6) is 0 Å². The number of nitrogens with one attached hydrogen (secondary N) is 1. The molecule has 4 heteroatoms. The van der Waals surface area contributed by atoms with Crippen LogP contribution >= 0.6 is 0 Å². The number of esters is 1. The Kier molecular flexibility index (Phi) is 4.28. The Morgan fingerprint density at radius 1 is 1.70 bits per heavy atom. The van der Waals surface area contributed by atoms with Crippen LogP contribution in [0.2, 0.25) is 0 Å². The summed E-state index contributed by atoms with van der Waals surface area (Å²) in [5.41, 5.74) is 0. The summed E-state index contributed by atoms with van der Waals surface area (Å²) < 4.78 is 4.69. The molecule has 0 saturated heterocycles. The van der Waals surface area contributed by atoms with Gasteiger partial charge in [-0.1, -0.05) is 0 Å². The highest BCUT2D eigenvalue weighted by molar-refractivity contribution is 5.74. The Labute approximate surface area is 59.6 Å². The van der Waals surface area contributed by atoms with E-state index < -0.39 is 5.97 Å². The Balaban J connectivity index is 3.34. The van der Waals surface area contributed by atoms with Crippen molar-refractivity contribution in [2.75, 3.05) is 6.54 Å². The first-order chi connectivity index (χ1) is 4.66. The van der Waals surface area contributed by atoms with Crippen molar-refractivity contribution in [3.05, 3.63) is 0 Å². The van der Waals surface area contributed by atoms with Gasteiger partial charge in [-0.2, -0.15) is 0 Å². The molecule has 0 spiro atoms. The number of carbonyl (C=O) groups excluding carboxylic acids is 2. The molecular formula is C6H11NO3. The van der Waals surface area contributed by atoms with Crippen molar-refractivity contribution in [2.45, 2.75) is 20.0 Å². The van der Waals surface area contributed by atoms with E-state index in [-0.39, 0.29) is 12.6 Å². The fourth-order valence-corrected chi connectivity index (χ4v) is 0.430. The van der Waals surface area contributed by atoms with Crippen molar-refractivity contribution in [1.29, 1.82) is 0 Å². The second kappa shape index (κ2) is 4.78. The Bertz CT molecular complexity index is 122. The van der Waals surface area contributed by atoms with Gasteiger partial charge in [0.2, 0.25) is 6.41 Å². The lowest BCUT2D eigenvalue weighted by Gasteiger charge is -2.05. The summed E-state index contributed by atoms with van der Waals surface area (Å²) in [7, 11) is 0. The van der Waals surface area contributed by atoms with Crippen molar-refractivity contribution in [1.82, 2.24) is 5.32 Å². The lowest BCUT2D eigenvalue weighted by Crippen LogP contribution is -2.25. The van der Waals surface area contributed by atoms with Crippen LogP contribution in [0.15, 0.2) is 0 Å². The molecule has 0 aromatic heterocycles. The fourth-order valence-electron chi connectivity index (χ4n) is 0.430. The summed E-state index contributed by atoms with van der Waals surface area (Å²) in [4.78, 5) is 20.2. The normalized spacial score (nSPS) is 9.10. The van der Waals surface area contributed by atoms with E-state index >= 15 is 0 Å². The van der Waals surface area contributed by atoms with Crippen molar-refractivity contribution in [3.63, 3.8) is 0 Å². The summed E-state index contributed by atoms with van der Waals surface area (Å²) >= 11 is 0. The highest BCUT2D eigenvalue weighted by Gasteiger charge is 2.02. The van der Waals surface area contributed by atoms with E-state index in [1.807, 2.05) is 0 Å². The number of carbonyl (C=O) groups is 2. The highest BCUT2D eigenvalue weighted by atomic mass is 16.5. The zero-order valence-electron chi connectivity index (χ0n) is 6.09. The molecule has 0 heterocycles. The van der Waals surface area contributed by atoms with Crippen molar-refractivity contribution in [3.8, 4) is 0 Å². The van der Waals surface area contributed by atoms with E-state index in [4.69, 9.17) is 4.74 Å². The molecule has 4 nitrogen and oxygen atoms in total. The third kappa shape index (κ3) is 5.08. The van der Waals surface area contributed by atoms with Crippen molar-refractivity contribution in [2.24, 2.45) is 0 Å². The third-order valence-electron chi connectivity index (χ3n) is 0.697. The van der Waals surface area contributed by atoms with Gasteiger partial charge < -0.3 is 10.1 Å². The quantitative estimate of drug-likeness (QED) is 0.436. The first kappa shape index (κ1) is 8.94. The van der Waals surface area contributed by atoms with E-state index in [2.05, 4.69) is 5.32 Å². The molecule has 0 fully saturated rings. The standard InChI is InChI=1S/C6H11NO3/c1-5(2)10-6(9)3-7-4-8/h4-5H,3H2,1-2H3,(H,7,8). The zero-order chi connectivity index (χ0) is 7.98. The van der Waals surface area contributed by atoms with E-state index in [0.29, 0.717) is 6.41 Å². The van der Waals surface area contributed by atoms with Gasteiger partial charge in [-0.05, 0) is 13.8 Å². The van der Waals surface area contributed by atoms with Crippen LogP contribution in [0.25, 0.3) is 0 Å². The van der Waals surface area contributed by atoms with E-state index in [9.17, 15) is 9.59 Å². The molecule has 1 amide bonds. The maximum Gasteiger partial charge on any atom is 0.325 e. The van der Waals surface area contributed by atoms with Crippen LogP contribution in [0, 0.1) is 0 Å². The Morgan fingerprint density at radius 2 is 2.30 bits per heavy atom. The van der Waals surface area contributed by atoms with Gasteiger partial charge in [0.1, 0.15) is 6.54 Å². The maximum atomic E-state index is 10.6. The van der Waals surface area contributed by atoms with Crippen molar-refractivity contribution >= 4 is 12.4 Å². The highest BCUT2D eigenvalue weighted by Crippen LogP contribution is 1.86. The lowest BCUT2D eigenvalue weighted by molar-refractivity contribution is -0.146. The van der Waals surface area contributed by atoms with Gasteiger partial charge in [-0.3, -0.25) is 9.59 Å². The van der Waals surface area contributed by atoms with Gasteiger partial charge in [-0.25, -0.2) is 0 Å². The molecule has 10 heavy (non-hydrogen) atoms. The van der Waals surface area contributed by atoms with Crippen LogP contribution in [0.3, 0.4) is 0 Å². The SMILES string of the molecule is CC(C)OC(=O)CNC=O. The van der Waals surface area contributed by atoms with Gasteiger partial charge >= 0.3 is 5.97 Å². The van der Waals surface area contributed by atoms with Gasteiger partial charge in [0.05, 0.1) is 6.10 Å². The van der Waals surface area contributed by atoms with E-state index in [0.717, 1.165) is 0 Å². The monoisotopic (exact) mass is 145 g/mol. The largest absolute Gasteiger partial charge is 0.462 e. The molecule has 1 N–H and O–H groups in total. The number of hydrogen-bond acceptors (Lipinski definition) is 3. The zero-order valence-corrected chi connectivity index (χ0v) is 6.09. The summed E-state index contributed by atoms with van der Waals surface area (Å²) in [6, 6.07) is 0. The summed E-state index contributed by atoms with van der Waals surface area (Å²) in [6.07, 6.45) is 0.336. The van der Waals surface area contributed by atoms with Gasteiger partial charge in [0.25, 0.3) is 0 Å². The van der Waals surface area contributed by atoms with Gasteiger partial charge in [-0.15, -0.1) is 0 Å². The Hall–Kier alpha value is -1.06. The molecule has 0 unspecified atom stereocenters. The predicted molar refractivity (Wildman–Crippen MR) is 35.3 cm³/mol. The minimum absolute atomic E-state index is 0.0539. The molecular weight excluding hydrogens is 134 g/mol. The topological polar surface area (TPSA) is 55.4 Å². The Morgan fingerprint density at radius 3 is 2.70 bits per heavy atom. The molecule has 0 aliphatic rings. The van der Waals surface area contributed by atoms with Crippen molar-refractivity contribution < 1.29 is 14.3 Å². The number of ether oxygens (including phenoxy) is 1. The number of rotatable bonds is 4. The first-order valence-electron chi connectivity index (χ1n) is 3.03. The summed E-state index contributed by atoms with van der Waals surface area (Å²) in [5.74, 6) is -0.415. The number of amides is 1. The molecule has 58 valence electrons. The average Bonchev–Trinajstić information content (AvgIpc) is 1.82. The minimum atomic E-state index is -0.415. The maximum absolute atomic E-state index is 10.6. The smallest absolute Gasteiger partial charge is 0.325 e. The third-order valence-corrected chi connectivity index (χ3v) is 0.697. The molecule has 0 radical (unpaired) electrons. The van der Waals surface area contributed by atoms with E-state index in [1.165, 1.54) is 0 Å². The second-order valence-electron chi connectivity index (χ2n) is 2.04. The molecule has 0 aromatic carbocycles. The van der Waals surface area contributed by atoms with Crippen LogP contribution < -0.4 is 5.32 Å². The first-order valence-corrected chi connectivity index (χ1v) is 3.03. The minimum Gasteiger partial charge on any atom is -0.462 e. The average molecular weight is 145 g/mol. The molecule has 0 aliphatic heterocycles. The molecule has 0 rings (SSSR count). The second-order valence-corrected chi connectivity index (χ2v) is 2.04. The van der Waals surface area contributed by atoms with Crippen LogP contribution in [0.1, 0.15) is 13.8 Å². The van der Waals surface area contributed by atoms with Gasteiger partial charge in [0.15, 0.2) is 0 Å². The predicted octanol–water partition coefficient (Wildman–Crippen LogP) is -0.316. The summed E-state index contributed by atoms with van der Waals surface area (Å²) in [6.45, 7) is 3.44. The molecule has 0 saturated carbocycles. The molecule has 0 bridgehead atoms.